The van der Waals surface area contributed by atoms with Crippen molar-refractivity contribution in [3.63, 3.8) is 0 Å². The summed E-state index contributed by atoms with van der Waals surface area (Å²) in [6, 6.07) is 0. The Kier molecular flexibility index (Phi) is 62.0. The van der Waals surface area contributed by atoms with Crippen molar-refractivity contribution in [3.8, 4) is 0 Å². The average molecular weight is 1300 g/mol. The summed E-state index contributed by atoms with van der Waals surface area (Å²) >= 11 is 0. The van der Waals surface area contributed by atoms with Crippen LogP contribution in [-0.2, 0) is 55.8 Å². The molecule has 0 aromatic carbocycles. The summed E-state index contributed by atoms with van der Waals surface area (Å²) in [5.41, 5.74) is 0. The van der Waals surface area contributed by atoms with E-state index in [9.17, 15) is 43.5 Å². The molecule has 514 valence electrons. The highest BCUT2D eigenvalue weighted by molar-refractivity contribution is 7.47. The molecule has 0 bridgehead atoms. The normalized spacial score (nSPS) is 14.8. The average Bonchev–Trinajstić information content (AvgIpc) is 3.73. The molecule has 0 radical (unpaired) electrons. The maximum Gasteiger partial charge on any atom is 0.472 e. The lowest BCUT2D eigenvalue weighted by Crippen LogP contribution is -2.30. The summed E-state index contributed by atoms with van der Waals surface area (Å²) in [6.07, 6.45) is 70.6. The molecule has 5 unspecified atom stereocenters. The van der Waals surface area contributed by atoms with Gasteiger partial charge in [0.05, 0.1) is 26.4 Å². The fraction of sp³-hybridized carbons (Fsp3) is 0.732. The van der Waals surface area contributed by atoms with E-state index in [2.05, 4.69) is 118 Å². The van der Waals surface area contributed by atoms with Crippen molar-refractivity contribution in [2.45, 2.75) is 296 Å². The number of carbonyl (C=O) groups is 3. The third-order valence-electron chi connectivity index (χ3n) is 14.3. The zero-order valence-corrected chi connectivity index (χ0v) is 57.4. The van der Waals surface area contributed by atoms with Crippen LogP contribution in [0.25, 0.3) is 0 Å². The number of phosphoric acid groups is 2. The quantitative estimate of drug-likeness (QED) is 0.0146. The zero-order valence-electron chi connectivity index (χ0n) is 55.6. The van der Waals surface area contributed by atoms with Crippen LogP contribution in [0.15, 0.2) is 97.2 Å². The highest BCUT2D eigenvalue weighted by Crippen LogP contribution is 2.45. The molecule has 0 saturated heterocycles. The van der Waals surface area contributed by atoms with E-state index in [1.165, 1.54) is 70.6 Å². The second kappa shape index (κ2) is 64.6. The van der Waals surface area contributed by atoms with Gasteiger partial charge in [0.25, 0.3) is 0 Å². The molecule has 4 N–H and O–H groups in total. The predicted molar refractivity (Wildman–Crippen MR) is 362 cm³/mol. The van der Waals surface area contributed by atoms with Gasteiger partial charge >= 0.3 is 33.6 Å². The molecule has 89 heavy (non-hydrogen) atoms. The van der Waals surface area contributed by atoms with E-state index >= 15 is 0 Å². The number of unbranched alkanes of at least 4 members (excludes halogenated alkanes) is 26. The van der Waals surface area contributed by atoms with E-state index in [-0.39, 0.29) is 19.3 Å². The van der Waals surface area contributed by atoms with Gasteiger partial charge in [0.15, 0.2) is 6.10 Å². The topological polar surface area (TPSA) is 231 Å². The molecule has 0 aliphatic heterocycles. The number of aliphatic hydroxyl groups excluding tert-OH is 2. The van der Waals surface area contributed by atoms with Crippen LogP contribution in [0, 0.1) is 0 Å². The lowest BCUT2D eigenvalue weighted by molar-refractivity contribution is -0.161. The minimum Gasteiger partial charge on any atom is -0.463 e. The number of esters is 3. The molecule has 0 aliphatic carbocycles. The molecule has 0 fully saturated rings. The highest BCUT2D eigenvalue weighted by Gasteiger charge is 2.29. The fourth-order valence-corrected chi connectivity index (χ4v) is 10.5. The maximum absolute atomic E-state index is 12.8. The van der Waals surface area contributed by atoms with Crippen molar-refractivity contribution < 1.29 is 75.8 Å². The molecule has 0 heterocycles. The van der Waals surface area contributed by atoms with Crippen LogP contribution in [0.3, 0.4) is 0 Å². The number of allylic oxidation sites excluding steroid dienone is 16. The molecule has 0 rings (SSSR count). The SMILES string of the molecule is CC/C=C\C/C=C\C/C=C\C/C=C\C/C=C\C/C=C\CCCCCCCCCCCCC(=O)OCC(O)COP(=O)(O)OCC(O)COP(=O)(O)OCC(COC(=O)CCCCCCC/C=C\CCCCCC)OC(=O)CCCCCCC/C=C\CCCC. The summed E-state index contributed by atoms with van der Waals surface area (Å²) < 4.78 is 60.7. The number of rotatable bonds is 65. The summed E-state index contributed by atoms with van der Waals surface area (Å²) in [7, 11) is -9.77. The van der Waals surface area contributed by atoms with Crippen LogP contribution < -0.4 is 0 Å². The van der Waals surface area contributed by atoms with E-state index in [1.54, 1.807) is 0 Å². The molecule has 18 heteroatoms. The number of aliphatic hydroxyl groups is 2. The van der Waals surface area contributed by atoms with Gasteiger partial charge in [-0.1, -0.05) is 240 Å². The van der Waals surface area contributed by atoms with Crippen molar-refractivity contribution in [2.75, 3.05) is 39.6 Å². The largest absolute Gasteiger partial charge is 0.472 e. The molecule has 0 saturated carbocycles. The smallest absolute Gasteiger partial charge is 0.463 e. The van der Waals surface area contributed by atoms with Crippen LogP contribution in [0.2, 0.25) is 0 Å². The summed E-state index contributed by atoms with van der Waals surface area (Å²) in [5.74, 6) is -1.60. The first kappa shape index (κ1) is 85.5. The Morgan fingerprint density at radius 3 is 0.989 bits per heavy atom. The van der Waals surface area contributed by atoms with Crippen molar-refractivity contribution >= 4 is 33.6 Å². The van der Waals surface area contributed by atoms with Gasteiger partial charge in [-0.25, -0.2) is 9.13 Å². The Balaban J connectivity index is 4.41. The number of ether oxygens (including phenoxy) is 3. The van der Waals surface area contributed by atoms with E-state index in [0.717, 1.165) is 148 Å². The molecule has 0 amide bonds. The van der Waals surface area contributed by atoms with Crippen LogP contribution in [0.4, 0.5) is 0 Å². The Bertz CT molecular complexity index is 2010. The van der Waals surface area contributed by atoms with Gasteiger partial charge in [0.2, 0.25) is 0 Å². The van der Waals surface area contributed by atoms with E-state index < -0.39 is 91.5 Å². The first-order chi connectivity index (χ1) is 43.2. The zero-order chi connectivity index (χ0) is 65.3. The van der Waals surface area contributed by atoms with Crippen molar-refractivity contribution in [1.29, 1.82) is 0 Å². The van der Waals surface area contributed by atoms with Crippen molar-refractivity contribution in [2.24, 2.45) is 0 Å². The number of carbonyl (C=O) groups excluding carboxylic acids is 3. The van der Waals surface area contributed by atoms with Gasteiger partial charge in [0, 0.05) is 19.3 Å². The fourth-order valence-electron chi connectivity index (χ4n) is 8.96. The number of phosphoric ester groups is 2. The van der Waals surface area contributed by atoms with Crippen LogP contribution in [0.5, 0.6) is 0 Å². The third-order valence-corrected chi connectivity index (χ3v) is 16.2. The second-order valence-electron chi connectivity index (χ2n) is 22.9. The Morgan fingerprint density at radius 1 is 0.326 bits per heavy atom. The Labute approximate surface area is 539 Å². The molecule has 0 aliphatic rings. The lowest BCUT2D eigenvalue weighted by atomic mass is 10.1. The lowest BCUT2D eigenvalue weighted by Gasteiger charge is -2.21. The Morgan fingerprint density at radius 2 is 0.607 bits per heavy atom. The number of hydrogen-bond donors (Lipinski definition) is 4. The summed E-state index contributed by atoms with van der Waals surface area (Å²) in [5, 5.41) is 20.5. The van der Waals surface area contributed by atoms with E-state index in [0.29, 0.717) is 19.3 Å². The van der Waals surface area contributed by atoms with Crippen molar-refractivity contribution in [3.05, 3.63) is 97.2 Å². The first-order valence-corrected chi connectivity index (χ1v) is 37.5. The maximum atomic E-state index is 12.8. The van der Waals surface area contributed by atoms with Gasteiger partial charge in [-0.05, 0) is 116 Å². The summed E-state index contributed by atoms with van der Waals surface area (Å²) in [6.45, 7) is 2.47. The molecule has 0 aromatic heterocycles. The third kappa shape index (κ3) is 65.8. The minimum absolute atomic E-state index is 0.0935. The van der Waals surface area contributed by atoms with Gasteiger partial charge < -0.3 is 34.2 Å². The monoisotopic (exact) mass is 1290 g/mol. The van der Waals surface area contributed by atoms with Crippen molar-refractivity contribution in [1.82, 2.24) is 0 Å². The molecule has 16 nitrogen and oxygen atoms in total. The van der Waals surface area contributed by atoms with Gasteiger partial charge in [-0.3, -0.25) is 32.5 Å². The standard InChI is InChI=1S/C71H124O16P2/c1-4-7-10-13-16-19-22-24-25-26-27-28-29-30-31-32-33-34-35-36-37-38-39-41-44-45-48-51-54-57-69(74)81-60-66(72)61-83-88(77,78)84-62-67(73)63-85-89(79,80)86-65-68(87-71(76)59-56-53-50-47-42-21-18-15-12-9-6-3)64-82-70(75)58-55-52-49-46-43-40-23-20-17-14-11-8-5-2/h7,10,15-16,18-20,23-25,27-28,30-31,33-34,66-68,72-73H,4-6,8-9,11-14,17,21-22,26,29,32,35-65H2,1-3H3,(H,77,78)(H,79,80)/b10-7-,18-15-,19-16-,23-20-,25-24-,28-27-,31-30-,34-33-. The molecule has 0 aromatic rings. The van der Waals surface area contributed by atoms with Gasteiger partial charge in [0.1, 0.15) is 25.4 Å². The van der Waals surface area contributed by atoms with E-state index in [4.69, 9.17) is 32.3 Å². The van der Waals surface area contributed by atoms with E-state index in [1.807, 2.05) is 0 Å². The second-order valence-corrected chi connectivity index (χ2v) is 25.8. The molecule has 5 atom stereocenters. The Hall–Kier alpha value is -3.53. The molecule has 0 spiro atoms. The predicted octanol–water partition coefficient (Wildman–Crippen LogP) is 19.1. The van der Waals surface area contributed by atoms with Crippen LogP contribution in [0.1, 0.15) is 278 Å². The van der Waals surface area contributed by atoms with Crippen LogP contribution in [-0.4, -0.2) is 95.9 Å². The molecular formula is C71H124O16P2. The minimum atomic E-state index is -4.92. The summed E-state index contributed by atoms with van der Waals surface area (Å²) in [4.78, 5) is 58.2. The van der Waals surface area contributed by atoms with Gasteiger partial charge in [-0.2, -0.15) is 0 Å². The first-order valence-electron chi connectivity index (χ1n) is 34.5. The van der Waals surface area contributed by atoms with Gasteiger partial charge in [-0.15, -0.1) is 0 Å². The van der Waals surface area contributed by atoms with Crippen LogP contribution >= 0.6 is 15.6 Å². The molecular weight excluding hydrogens is 1170 g/mol. The highest BCUT2D eigenvalue weighted by atomic mass is 31.2. The number of hydrogen-bond acceptors (Lipinski definition) is 14.